The Kier molecular flexibility index (Phi) is 8.09. The highest BCUT2D eigenvalue weighted by molar-refractivity contribution is 9.10. The van der Waals surface area contributed by atoms with Gasteiger partial charge in [0.15, 0.2) is 0 Å². The van der Waals surface area contributed by atoms with E-state index in [0.29, 0.717) is 13.2 Å². The van der Waals surface area contributed by atoms with Crippen LogP contribution in [0.4, 0.5) is 0 Å². The minimum atomic E-state index is -0.432. The number of hydrogen-bond donors (Lipinski definition) is 2. The molecule has 2 rings (SSSR count). The number of ether oxygens (including phenoxy) is 1. The van der Waals surface area contributed by atoms with Crippen LogP contribution in [0.25, 0.3) is 0 Å². The van der Waals surface area contributed by atoms with Gasteiger partial charge >= 0.3 is 0 Å². The first kappa shape index (κ1) is 21.5. The molecule has 2 aromatic rings. The number of hydrogen-bond acceptors (Lipinski definition) is 4. The van der Waals surface area contributed by atoms with Gasteiger partial charge in [0.25, 0.3) is 5.91 Å². The fraction of sp³-hybridized carbons (Fsp3) is 0.273. The predicted octanol–water partition coefficient (Wildman–Crippen LogP) is 4.53. The number of amides is 1. The molecule has 0 heterocycles. The molecule has 0 aliphatic rings. The van der Waals surface area contributed by atoms with Gasteiger partial charge in [-0.25, -0.2) is 0 Å². The Balaban J connectivity index is 2.06. The number of nitrogens with zero attached hydrogens (tertiary/aromatic N) is 1. The normalized spacial score (nSPS) is 12.0. The maximum Gasteiger partial charge on any atom is 0.263 e. The van der Waals surface area contributed by atoms with Crippen LogP contribution in [0.1, 0.15) is 36.6 Å². The Hall–Kier alpha value is -2.78. The summed E-state index contributed by atoms with van der Waals surface area (Å²) in [4.78, 5) is 12.5. The van der Waals surface area contributed by atoms with Gasteiger partial charge in [-0.15, -0.1) is 0 Å². The lowest BCUT2D eigenvalue weighted by molar-refractivity contribution is -0.117. The fourth-order valence-corrected chi connectivity index (χ4v) is 3.12. The molecule has 0 aliphatic carbocycles. The third-order valence-corrected chi connectivity index (χ3v) is 4.91. The Bertz CT molecular complexity index is 903. The first-order valence-electron chi connectivity index (χ1n) is 9.07. The number of nitrogens with one attached hydrogen (secondary N) is 2. The summed E-state index contributed by atoms with van der Waals surface area (Å²) in [5.74, 6) is 0.300. The molecule has 0 bridgehead atoms. The number of aryl methyl sites for hydroxylation is 1. The molecule has 1 unspecified atom stereocenters. The number of nitriles is 1. The fourth-order valence-electron chi connectivity index (χ4n) is 2.70. The van der Waals surface area contributed by atoms with Crippen LogP contribution in [-0.2, 0) is 11.3 Å². The van der Waals surface area contributed by atoms with Gasteiger partial charge in [-0.1, -0.05) is 51.8 Å². The SMILES string of the molecule is CCOc1ccc(C)cc1C(C)NC(=O)/C(C#N)=C\NCc1ccccc1Br. The number of benzene rings is 2. The van der Waals surface area contributed by atoms with Gasteiger partial charge in [0.05, 0.1) is 12.6 Å². The molecule has 2 aromatic carbocycles. The minimum absolute atomic E-state index is 0.0181. The van der Waals surface area contributed by atoms with Crippen LogP contribution in [-0.4, -0.2) is 12.5 Å². The van der Waals surface area contributed by atoms with Gasteiger partial charge in [-0.3, -0.25) is 4.79 Å². The largest absolute Gasteiger partial charge is 0.494 e. The molecule has 0 saturated heterocycles. The number of carbonyl (C=O) groups is 1. The maximum absolute atomic E-state index is 12.5. The van der Waals surface area contributed by atoms with Crippen molar-refractivity contribution in [3.63, 3.8) is 0 Å². The van der Waals surface area contributed by atoms with E-state index in [4.69, 9.17) is 4.74 Å². The van der Waals surface area contributed by atoms with Crippen LogP contribution in [0.5, 0.6) is 5.75 Å². The van der Waals surface area contributed by atoms with E-state index in [0.717, 1.165) is 26.9 Å². The molecule has 0 spiro atoms. The summed E-state index contributed by atoms with van der Waals surface area (Å²) in [5.41, 5.74) is 3.01. The molecule has 6 heteroatoms. The van der Waals surface area contributed by atoms with Crippen molar-refractivity contribution >= 4 is 21.8 Å². The van der Waals surface area contributed by atoms with E-state index in [1.165, 1.54) is 6.20 Å². The van der Waals surface area contributed by atoms with Gasteiger partial charge in [-0.2, -0.15) is 5.26 Å². The zero-order valence-electron chi connectivity index (χ0n) is 16.3. The molecule has 1 amide bonds. The lowest BCUT2D eigenvalue weighted by Gasteiger charge is -2.18. The molecule has 0 aromatic heterocycles. The standard InChI is InChI=1S/C22H24BrN3O2/c1-4-28-21-10-9-15(2)11-19(21)16(3)26-22(27)18(12-24)14-25-13-17-7-5-6-8-20(17)23/h5-11,14,16,25H,4,13H2,1-3H3,(H,26,27)/b18-14-. The summed E-state index contributed by atoms with van der Waals surface area (Å²) in [6.07, 6.45) is 1.45. The van der Waals surface area contributed by atoms with E-state index in [1.807, 2.05) is 69.3 Å². The van der Waals surface area contributed by atoms with Crippen molar-refractivity contribution in [2.75, 3.05) is 6.61 Å². The Morgan fingerprint density at radius 2 is 2.07 bits per heavy atom. The molecule has 0 aliphatic heterocycles. The van der Waals surface area contributed by atoms with Crippen molar-refractivity contribution in [1.82, 2.24) is 10.6 Å². The summed E-state index contributed by atoms with van der Waals surface area (Å²) >= 11 is 3.48. The summed E-state index contributed by atoms with van der Waals surface area (Å²) in [6, 6.07) is 15.3. The van der Waals surface area contributed by atoms with Crippen molar-refractivity contribution in [2.24, 2.45) is 0 Å². The molecule has 0 saturated carbocycles. The minimum Gasteiger partial charge on any atom is -0.494 e. The molecule has 2 N–H and O–H groups in total. The van der Waals surface area contributed by atoms with Crippen LogP contribution in [0.15, 0.2) is 58.7 Å². The van der Waals surface area contributed by atoms with Gasteiger partial charge in [0, 0.05) is 22.8 Å². The topological polar surface area (TPSA) is 74.1 Å². The average Bonchev–Trinajstić information content (AvgIpc) is 2.68. The molecular formula is C22H24BrN3O2. The second-order valence-electron chi connectivity index (χ2n) is 6.31. The van der Waals surface area contributed by atoms with Crippen LogP contribution in [0.2, 0.25) is 0 Å². The zero-order valence-corrected chi connectivity index (χ0v) is 17.8. The maximum atomic E-state index is 12.5. The van der Waals surface area contributed by atoms with E-state index in [-0.39, 0.29) is 11.6 Å². The lowest BCUT2D eigenvalue weighted by Crippen LogP contribution is -2.29. The second-order valence-corrected chi connectivity index (χ2v) is 7.17. The van der Waals surface area contributed by atoms with Gasteiger partial charge in [0.1, 0.15) is 17.4 Å². The van der Waals surface area contributed by atoms with Crippen LogP contribution in [0, 0.1) is 18.3 Å². The monoisotopic (exact) mass is 441 g/mol. The van der Waals surface area contributed by atoms with Gasteiger partial charge < -0.3 is 15.4 Å². The third-order valence-electron chi connectivity index (χ3n) is 4.14. The van der Waals surface area contributed by atoms with E-state index in [1.54, 1.807) is 0 Å². The average molecular weight is 442 g/mol. The summed E-state index contributed by atoms with van der Waals surface area (Å²) in [5, 5.41) is 15.3. The van der Waals surface area contributed by atoms with Crippen molar-refractivity contribution < 1.29 is 9.53 Å². The van der Waals surface area contributed by atoms with E-state index < -0.39 is 5.91 Å². The summed E-state index contributed by atoms with van der Waals surface area (Å²) in [6.45, 7) is 6.82. The van der Waals surface area contributed by atoms with E-state index in [9.17, 15) is 10.1 Å². The number of carbonyl (C=O) groups excluding carboxylic acids is 1. The third kappa shape index (κ3) is 5.86. The Labute approximate surface area is 174 Å². The van der Waals surface area contributed by atoms with E-state index in [2.05, 4.69) is 26.6 Å². The Morgan fingerprint density at radius 3 is 2.75 bits per heavy atom. The molecular weight excluding hydrogens is 418 g/mol. The molecule has 5 nitrogen and oxygen atoms in total. The van der Waals surface area contributed by atoms with Crippen molar-refractivity contribution in [1.29, 1.82) is 5.26 Å². The van der Waals surface area contributed by atoms with Crippen LogP contribution in [0.3, 0.4) is 0 Å². The molecule has 1 atom stereocenters. The van der Waals surface area contributed by atoms with Crippen molar-refractivity contribution in [3.8, 4) is 11.8 Å². The number of rotatable bonds is 8. The number of halogens is 1. The first-order chi connectivity index (χ1) is 13.5. The molecule has 0 radical (unpaired) electrons. The second kappa shape index (κ2) is 10.5. The smallest absolute Gasteiger partial charge is 0.263 e. The first-order valence-corrected chi connectivity index (χ1v) is 9.86. The summed E-state index contributed by atoms with van der Waals surface area (Å²) < 4.78 is 6.63. The highest BCUT2D eigenvalue weighted by Gasteiger charge is 2.17. The highest BCUT2D eigenvalue weighted by Crippen LogP contribution is 2.26. The van der Waals surface area contributed by atoms with Crippen LogP contribution >= 0.6 is 15.9 Å². The van der Waals surface area contributed by atoms with Gasteiger partial charge in [0.2, 0.25) is 0 Å². The van der Waals surface area contributed by atoms with E-state index >= 15 is 0 Å². The zero-order chi connectivity index (χ0) is 20.5. The molecule has 28 heavy (non-hydrogen) atoms. The van der Waals surface area contributed by atoms with Gasteiger partial charge in [-0.05, 0) is 38.5 Å². The van der Waals surface area contributed by atoms with Crippen molar-refractivity contribution in [3.05, 3.63) is 75.4 Å². The van der Waals surface area contributed by atoms with Crippen molar-refractivity contribution in [2.45, 2.75) is 33.4 Å². The molecule has 146 valence electrons. The molecule has 0 fully saturated rings. The Morgan fingerprint density at radius 1 is 1.32 bits per heavy atom. The highest BCUT2D eigenvalue weighted by atomic mass is 79.9. The summed E-state index contributed by atoms with van der Waals surface area (Å²) in [7, 11) is 0. The lowest BCUT2D eigenvalue weighted by atomic mass is 10.0. The quantitative estimate of drug-likeness (QED) is 0.466. The van der Waals surface area contributed by atoms with Crippen LogP contribution < -0.4 is 15.4 Å². The predicted molar refractivity (Wildman–Crippen MR) is 114 cm³/mol.